The van der Waals surface area contributed by atoms with Crippen LogP contribution < -0.4 is 0 Å². The van der Waals surface area contributed by atoms with Crippen LogP contribution >= 0.6 is 24.0 Å². The van der Waals surface area contributed by atoms with Crippen LogP contribution in [0.15, 0.2) is 29.4 Å². The van der Waals surface area contributed by atoms with E-state index in [0.717, 1.165) is 5.56 Å². The molecule has 0 saturated carbocycles. The zero-order valence-electron chi connectivity index (χ0n) is 12.3. The molecule has 0 spiro atoms. The Balaban J connectivity index is 0.00000400. The minimum Gasteiger partial charge on any atom is -0.462 e. The van der Waals surface area contributed by atoms with Crippen LogP contribution in [0.25, 0.3) is 0 Å². The van der Waals surface area contributed by atoms with Gasteiger partial charge in [0.2, 0.25) is 6.61 Å². The minimum atomic E-state index is -0.431. The molecule has 0 radical (unpaired) electrons. The van der Waals surface area contributed by atoms with Gasteiger partial charge >= 0.3 is 5.97 Å². The number of ether oxygens (including phenoxy) is 1. The number of hydrogen-bond acceptors (Lipinski definition) is 5. The number of rotatable bonds is 7. The number of carbonyl (C=O) groups is 1. The van der Waals surface area contributed by atoms with Gasteiger partial charge in [-0.05, 0) is 38.7 Å². The Morgan fingerprint density at radius 3 is 2.48 bits per heavy atom. The number of halogens is 2. The van der Waals surface area contributed by atoms with Crippen LogP contribution in [0, 0.1) is 0 Å². The number of esters is 1. The Morgan fingerprint density at radius 2 is 1.90 bits per heavy atom. The number of nitrogens with zero attached hydrogens (tertiary/aromatic N) is 2. The first-order valence-corrected chi connectivity index (χ1v) is 6.59. The number of likely N-dealkylation sites (N-methyl/N-ethyl adjacent to an activating group) is 1. The van der Waals surface area contributed by atoms with Crippen LogP contribution in [0.2, 0.25) is 5.02 Å². The SMILES string of the molecule is C/C(=N\OCC(=O)OCCN(C)C)c1ccc(Cl)cc1.Cl. The number of oxime groups is 1. The van der Waals surface area contributed by atoms with E-state index in [1.165, 1.54) is 0 Å². The number of carbonyl (C=O) groups excluding carboxylic acids is 1. The Kier molecular flexibility index (Phi) is 9.78. The van der Waals surface area contributed by atoms with E-state index < -0.39 is 5.97 Å². The predicted molar refractivity (Wildman–Crippen MR) is 86.4 cm³/mol. The van der Waals surface area contributed by atoms with Crippen molar-refractivity contribution in [3.63, 3.8) is 0 Å². The van der Waals surface area contributed by atoms with Crippen LogP contribution in [0.4, 0.5) is 0 Å². The van der Waals surface area contributed by atoms with Crippen molar-refractivity contribution in [3.8, 4) is 0 Å². The number of benzene rings is 1. The highest BCUT2D eigenvalue weighted by molar-refractivity contribution is 6.30. The van der Waals surface area contributed by atoms with Crippen molar-refractivity contribution >= 4 is 35.7 Å². The summed E-state index contributed by atoms with van der Waals surface area (Å²) in [6.07, 6.45) is 0. The van der Waals surface area contributed by atoms with Gasteiger partial charge in [0, 0.05) is 11.6 Å². The van der Waals surface area contributed by atoms with Crippen molar-refractivity contribution in [3.05, 3.63) is 34.9 Å². The molecule has 0 aliphatic carbocycles. The maximum atomic E-state index is 11.3. The van der Waals surface area contributed by atoms with Gasteiger partial charge in [0.25, 0.3) is 0 Å². The van der Waals surface area contributed by atoms with Crippen LogP contribution in [-0.4, -0.2) is 50.4 Å². The first-order chi connectivity index (χ1) is 9.49. The lowest BCUT2D eigenvalue weighted by molar-refractivity contribution is -0.149. The van der Waals surface area contributed by atoms with Gasteiger partial charge in [-0.1, -0.05) is 28.9 Å². The average Bonchev–Trinajstić information content (AvgIpc) is 2.39. The largest absolute Gasteiger partial charge is 0.462 e. The fourth-order valence-electron chi connectivity index (χ4n) is 1.31. The van der Waals surface area contributed by atoms with E-state index in [4.69, 9.17) is 21.2 Å². The molecule has 0 heterocycles. The molecule has 0 aromatic heterocycles. The summed E-state index contributed by atoms with van der Waals surface area (Å²) in [5, 5.41) is 4.53. The second-order valence-corrected chi connectivity index (χ2v) is 4.92. The quantitative estimate of drug-likeness (QED) is 0.437. The van der Waals surface area contributed by atoms with E-state index >= 15 is 0 Å². The van der Waals surface area contributed by atoms with Gasteiger partial charge in [-0.3, -0.25) is 0 Å². The summed E-state index contributed by atoms with van der Waals surface area (Å²) in [6, 6.07) is 7.21. The van der Waals surface area contributed by atoms with E-state index in [-0.39, 0.29) is 19.0 Å². The zero-order chi connectivity index (χ0) is 15.0. The zero-order valence-corrected chi connectivity index (χ0v) is 13.9. The lowest BCUT2D eigenvalue weighted by atomic mass is 10.1. The van der Waals surface area contributed by atoms with Gasteiger partial charge in [0.1, 0.15) is 6.61 Å². The molecule has 0 unspecified atom stereocenters. The van der Waals surface area contributed by atoms with Crippen molar-refractivity contribution < 1.29 is 14.4 Å². The molecule has 0 atom stereocenters. The summed E-state index contributed by atoms with van der Waals surface area (Å²) in [7, 11) is 3.81. The van der Waals surface area contributed by atoms with Crippen molar-refractivity contribution in [2.45, 2.75) is 6.92 Å². The highest BCUT2D eigenvalue weighted by Crippen LogP contribution is 2.10. The lowest BCUT2D eigenvalue weighted by Crippen LogP contribution is -2.21. The molecule has 7 heteroatoms. The highest BCUT2D eigenvalue weighted by atomic mass is 35.5. The molecule has 0 bridgehead atoms. The third-order valence-corrected chi connectivity index (χ3v) is 2.70. The number of hydrogen-bond donors (Lipinski definition) is 0. The van der Waals surface area contributed by atoms with E-state index in [0.29, 0.717) is 23.9 Å². The van der Waals surface area contributed by atoms with E-state index in [2.05, 4.69) is 5.16 Å². The van der Waals surface area contributed by atoms with Gasteiger partial charge in [-0.15, -0.1) is 12.4 Å². The molecule has 21 heavy (non-hydrogen) atoms. The average molecular weight is 335 g/mol. The molecular weight excluding hydrogens is 315 g/mol. The van der Waals surface area contributed by atoms with Gasteiger partial charge in [0.15, 0.2) is 0 Å². The third kappa shape index (κ3) is 8.55. The first-order valence-electron chi connectivity index (χ1n) is 6.22. The fraction of sp³-hybridized carbons (Fsp3) is 0.429. The summed E-state index contributed by atoms with van der Waals surface area (Å²) in [5.74, 6) is -0.431. The van der Waals surface area contributed by atoms with Gasteiger partial charge in [0.05, 0.1) is 5.71 Å². The molecule has 1 aromatic rings. The van der Waals surface area contributed by atoms with Crippen molar-refractivity contribution in [2.75, 3.05) is 33.9 Å². The molecule has 0 saturated heterocycles. The van der Waals surface area contributed by atoms with Gasteiger partial charge in [-0.2, -0.15) is 0 Å². The topological polar surface area (TPSA) is 51.1 Å². The van der Waals surface area contributed by atoms with Crippen molar-refractivity contribution in [1.29, 1.82) is 0 Å². The second kappa shape index (κ2) is 10.4. The lowest BCUT2D eigenvalue weighted by Gasteiger charge is -2.09. The molecule has 0 fully saturated rings. The van der Waals surface area contributed by atoms with Crippen LogP contribution in [0.3, 0.4) is 0 Å². The molecule has 1 aromatic carbocycles. The van der Waals surface area contributed by atoms with Crippen LogP contribution in [0.5, 0.6) is 0 Å². The summed E-state index contributed by atoms with van der Waals surface area (Å²) < 4.78 is 4.96. The highest BCUT2D eigenvalue weighted by Gasteiger charge is 2.04. The summed E-state index contributed by atoms with van der Waals surface area (Å²) in [5.41, 5.74) is 1.55. The molecule has 118 valence electrons. The molecule has 1 rings (SSSR count). The summed E-state index contributed by atoms with van der Waals surface area (Å²) >= 11 is 5.80. The molecule has 0 aliphatic rings. The Bertz CT molecular complexity index is 462. The Morgan fingerprint density at radius 1 is 1.29 bits per heavy atom. The van der Waals surface area contributed by atoms with E-state index in [1.807, 2.05) is 31.1 Å². The fourth-order valence-corrected chi connectivity index (χ4v) is 1.44. The van der Waals surface area contributed by atoms with Crippen LogP contribution in [-0.2, 0) is 14.4 Å². The summed E-state index contributed by atoms with van der Waals surface area (Å²) in [4.78, 5) is 18.2. The van der Waals surface area contributed by atoms with Crippen LogP contribution in [0.1, 0.15) is 12.5 Å². The summed E-state index contributed by atoms with van der Waals surface area (Å²) in [6.45, 7) is 2.62. The maximum absolute atomic E-state index is 11.3. The van der Waals surface area contributed by atoms with Gasteiger partial charge in [-0.25, -0.2) is 4.79 Å². The Hall–Kier alpha value is -1.30. The van der Waals surface area contributed by atoms with Gasteiger partial charge < -0.3 is 14.5 Å². The van der Waals surface area contributed by atoms with E-state index in [9.17, 15) is 4.79 Å². The smallest absolute Gasteiger partial charge is 0.347 e. The normalized spacial score (nSPS) is 11.0. The third-order valence-electron chi connectivity index (χ3n) is 2.45. The second-order valence-electron chi connectivity index (χ2n) is 4.48. The molecule has 5 nitrogen and oxygen atoms in total. The van der Waals surface area contributed by atoms with Crippen molar-refractivity contribution in [1.82, 2.24) is 4.90 Å². The molecule has 0 aliphatic heterocycles. The first kappa shape index (κ1) is 19.7. The van der Waals surface area contributed by atoms with E-state index in [1.54, 1.807) is 19.1 Å². The minimum absolute atomic E-state index is 0. The molecule has 0 N–H and O–H groups in total. The standard InChI is InChI=1S/C14H19ClN2O3.ClH/c1-11(12-4-6-13(15)7-5-12)16-20-10-14(18)19-9-8-17(2)3;/h4-7H,8-10H2,1-3H3;1H/b16-11+;. The predicted octanol–water partition coefficient (Wildman–Crippen LogP) is 2.61. The molecular formula is C14H20Cl2N2O3. The maximum Gasteiger partial charge on any atom is 0.347 e. The monoisotopic (exact) mass is 334 g/mol. The molecule has 0 amide bonds. The Labute approximate surface area is 136 Å². The van der Waals surface area contributed by atoms with Crippen molar-refractivity contribution in [2.24, 2.45) is 5.16 Å².